The Morgan fingerprint density at radius 3 is 2.46 bits per heavy atom. The molecule has 4 heteroatoms. The highest BCUT2D eigenvalue weighted by molar-refractivity contribution is 5.85. The van der Waals surface area contributed by atoms with Gasteiger partial charge < -0.3 is 10.6 Å². The Morgan fingerprint density at radius 1 is 1.12 bits per heavy atom. The summed E-state index contributed by atoms with van der Waals surface area (Å²) < 4.78 is 0. The first-order chi connectivity index (χ1) is 11.1. The maximum Gasteiger partial charge on any atom is 0.226 e. The molecule has 2 saturated carbocycles. The molecule has 2 unspecified atom stereocenters. The monoisotopic (exact) mass is 350 g/mol. The van der Waals surface area contributed by atoms with E-state index in [1.54, 1.807) is 0 Å². The van der Waals surface area contributed by atoms with E-state index in [1.807, 2.05) is 7.05 Å². The summed E-state index contributed by atoms with van der Waals surface area (Å²) in [6, 6.07) is 9.22. The van der Waals surface area contributed by atoms with Crippen LogP contribution in [-0.2, 0) is 4.79 Å². The van der Waals surface area contributed by atoms with Crippen LogP contribution in [0.3, 0.4) is 0 Å². The molecule has 0 saturated heterocycles. The molecule has 0 bridgehead atoms. The number of halogens is 1. The highest BCUT2D eigenvalue weighted by Crippen LogP contribution is 2.40. The Labute approximate surface area is 152 Å². The third-order valence-electron chi connectivity index (χ3n) is 6.11. The van der Waals surface area contributed by atoms with E-state index in [0.717, 1.165) is 25.7 Å². The molecule has 2 fully saturated rings. The molecule has 2 aliphatic rings. The van der Waals surface area contributed by atoms with Gasteiger partial charge in [-0.2, -0.15) is 0 Å². The smallest absolute Gasteiger partial charge is 0.226 e. The summed E-state index contributed by atoms with van der Waals surface area (Å²) in [7, 11) is 2.02. The number of nitrogens with zero attached hydrogens (tertiary/aromatic N) is 1. The van der Waals surface area contributed by atoms with Gasteiger partial charge in [0, 0.05) is 24.9 Å². The second-order valence-electron chi connectivity index (χ2n) is 7.50. The van der Waals surface area contributed by atoms with Gasteiger partial charge in [0.2, 0.25) is 5.91 Å². The number of amides is 1. The molecule has 0 aromatic heterocycles. The molecule has 3 nitrogen and oxygen atoms in total. The molecule has 2 aliphatic carbocycles. The minimum Gasteiger partial charge on any atom is -0.342 e. The number of carbonyl (C=O) groups is 1. The fourth-order valence-electron chi connectivity index (χ4n) is 4.68. The molecule has 4 atom stereocenters. The van der Waals surface area contributed by atoms with Crippen molar-refractivity contribution in [2.24, 2.45) is 17.6 Å². The molecular weight excluding hydrogens is 320 g/mol. The van der Waals surface area contributed by atoms with Crippen LogP contribution in [0.1, 0.15) is 55.6 Å². The number of rotatable bonds is 4. The first-order valence-corrected chi connectivity index (χ1v) is 9.15. The van der Waals surface area contributed by atoms with Crippen molar-refractivity contribution < 1.29 is 4.79 Å². The topological polar surface area (TPSA) is 46.3 Å². The van der Waals surface area contributed by atoms with Gasteiger partial charge in [-0.1, -0.05) is 42.7 Å². The third-order valence-corrected chi connectivity index (χ3v) is 6.11. The molecule has 0 spiro atoms. The molecule has 0 radical (unpaired) electrons. The van der Waals surface area contributed by atoms with Gasteiger partial charge in [0.25, 0.3) is 0 Å². The van der Waals surface area contributed by atoms with Crippen LogP contribution in [0.5, 0.6) is 0 Å². The van der Waals surface area contributed by atoms with E-state index in [9.17, 15) is 4.79 Å². The van der Waals surface area contributed by atoms with Crippen LogP contribution in [-0.4, -0.2) is 30.4 Å². The third kappa shape index (κ3) is 3.78. The molecule has 1 aromatic rings. The van der Waals surface area contributed by atoms with Crippen LogP contribution in [0.25, 0.3) is 0 Å². The summed E-state index contributed by atoms with van der Waals surface area (Å²) in [5, 5.41) is 0. The van der Waals surface area contributed by atoms with Crippen molar-refractivity contribution in [3.63, 3.8) is 0 Å². The number of carbonyl (C=O) groups excluding carboxylic acids is 1. The fraction of sp³-hybridized carbons (Fsp3) is 0.650. The van der Waals surface area contributed by atoms with Gasteiger partial charge in [-0.15, -0.1) is 12.4 Å². The summed E-state index contributed by atoms with van der Waals surface area (Å²) >= 11 is 0. The summed E-state index contributed by atoms with van der Waals surface area (Å²) in [6.45, 7) is 2.77. The Hall–Kier alpha value is -1.06. The van der Waals surface area contributed by atoms with Crippen molar-refractivity contribution in [3.8, 4) is 0 Å². The predicted molar refractivity (Wildman–Crippen MR) is 101 cm³/mol. The van der Waals surface area contributed by atoms with E-state index in [1.165, 1.54) is 24.0 Å². The zero-order valence-corrected chi connectivity index (χ0v) is 15.7. The van der Waals surface area contributed by atoms with E-state index >= 15 is 0 Å². The maximum absolute atomic E-state index is 13.0. The normalized spacial score (nSPS) is 29.3. The van der Waals surface area contributed by atoms with Gasteiger partial charge in [0.05, 0.1) is 0 Å². The lowest BCUT2D eigenvalue weighted by Crippen LogP contribution is -2.43. The molecule has 1 amide bonds. The van der Waals surface area contributed by atoms with Gasteiger partial charge in [-0.25, -0.2) is 0 Å². The van der Waals surface area contributed by atoms with Crippen molar-refractivity contribution in [2.45, 2.75) is 57.4 Å². The lowest BCUT2D eigenvalue weighted by atomic mass is 9.90. The average Bonchev–Trinajstić information content (AvgIpc) is 3.23. The molecule has 0 heterocycles. The van der Waals surface area contributed by atoms with Crippen molar-refractivity contribution in [1.29, 1.82) is 0 Å². The summed E-state index contributed by atoms with van der Waals surface area (Å²) in [4.78, 5) is 15.1. The molecular formula is C20H31ClN2O. The summed E-state index contributed by atoms with van der Waals surface area (Å²) in [5.41, 5.74) is 8.56. The van der Waals surface area contributed by atoms with Gasteiger partial charge in [-0.05, 0) is 50.6 Å². The summed E-state index contributed by atoms with van der Waals surface area (Å²) in [6.07, 6.45) is 6.82. The van der Waals surface area contributed by atoms with Crippen LogP contribution < -0.4 is 5.73 Å². The average molecular weight is 351 g/mol. The zero-order chi connectivity index (χ0) is 16.4. The zero-order valence-electron chi connectivity index (χ0n) is 14.9. The molecule has 2 N–H and O–H groups in total. The second-order valence-corrected chi connectivity index (χ2v) is 7.50. The molecule has 134 valence electrons. The number of hydrogen-bond acceptors (Lipinski definition) is 2. The highest BCUT2D eigenvalue weighted by Gasteiger charge is 2.39. The minimum absolute atomic E-state index is 0. The number of nitrogens with two attached hydrogens (primary N) is 1. The van der Waals surface area contributed by atoms with Crippen LogP contribution in [0.4, 0.5) is 0 Å². The Balaban J connectivity index is 0.00000208. The van der Waals surface area contributed by atoms with Crippen LogP contribution in [0.2, 0.25) is 0 Å². The van der Waals surface area contributed by atoms with E-state index in [4.69, 9.17) is 5.73 Å². The molecule has 0 aliphatic heterocycles. The molecule has 1 aromatic carbocycles. The van der Waals surface area contributed by atoms with Crippen molar-refractivity contribution >= 4 is 18.3 Å². The van der Waals surface area contributed by atoms with Gasteiger partial charge in [-0.3, -0.25) is 4.79 Å². The number of benzene rings is 1. The lowest BCUT2D eigenvalue weighted by Gasteiger charge is -2.33. The Kier molecular flexibility index (Phi) is 6.70. The molecule has 3 rings (SSSR count). The first-order valence-electron chi connectivity index (χ1n) is 9.15. The maximum atomic E-state index is 13.0. The Morgan fingerprint density at radius 2 is 1.79 bits per heavy atom. The standard InChI is InChI=1S/C20H30N2O.ClH/c1-14-9-11-15(12-10-14)17-6-4-8-19(17)22(2)20(23)18-7-3-5-16(18)13-21;/h9-12,16-19H,3-8,13,21H2,1-2H3;1H/t16-,17?,18-,19?;/m1./s1. The second kappa shape index (κ2) is 8.35. The number of hydrogen-bond donors (Lipinski definition) is 1. The largest absolute Gasteiger partial charge is 0.342 e. The van der Waals surface area contributed by atoms with Crippen LogP contribution >= 0.6 is 12.4 Å². The van der Waals surface area contributed by atoms with Crippen LogP contribution in [0.15, 0.2) is 24.3 Å². The van der Waals surface area contributed by atoms with E-state index < -0.39 is 0 Å². The van der Waals surface area contributed by atoms with Crippen molar-refractivity contribution in [1.82, 2.24) is 4.90 Å². The minimum atomic E-state index is 0. The van der Waals surface area contributed by atoms with E-state index in [2.05, 4.69) is 36.1 Å². The van der Waals surface area contributed by atoms with Gasteiger partial charge in [0.15, 0.2) is 0 Å². The highest BCUT2D eigenvalue weighted by atomic mass is 35.5. The predicted octanol–water partition coefficient (Wildman–Crippen LogP) is 3.89. The quantitative estimate of drug-likeness (QED) is 0.895. The van der Waals surface area contributed by atoms with Gasteiger partial charge in [0.1, 0.15) is 0 Å². The van der Waals surface area contributed by atoms with Crippen molar-refractivity contribution in [2.75, 3.05) is 13.6 Å². The molecule has 24 heavy (non-hydrogen) atoms. The number of likely N-dealkylation sites (N-methyl/N-ethyl adjacent to an activating group) is 1. The van der Waals surface area contributed by atoms with E-state index in [0.29, 0.717) is 30.3 Å². The van der Waals surface area contributed by atoms with Crippen LogP contribution in [0, 0.1) is 18.8 Å². The van der Waals surface area contributed by atoms with Gasteiger partial charge >= 0.3 is 0 Å². The number of aryl methyl sites for hydroxylation is 1. The van der Waals surface area contributed by atoms with Crippen molar-refractivity contribution in [3.05, 3.63) is 35.4 Å². The summed E-state index contributed by atoms with van der Waals surface area (Å²) in [5.74, 6) is 1.37. The Bertz CT molecular complexity index is 545. The lowest BCUT2D eigenvalue weighted by molar-refractivity contribution is -0.137. The van der Waals surface area contributed by atoms with E-state index in [-0.39, 0.29) is 18.3 Å². The fourth-order valence-corrected chi connectivity index (χ4v) is 4.68. The SMILES string of the molecule is Cc1ccc(C2CCCC2N(C)C(=O)[C@@H]2CCC[C@@H]2CN)cc1.Cl. The first kappa shape index (κ1) is 19.3.